The zero-order chi connectivity index (χ0) is 14.0. The standard InChI is InChI=1S/C14H11ClF3N/c15-12-4-1-9(2-5-12)13-6-3-11(14(16,17)18)7-10(13)8-19/h1-7H,8,19H2. The van der Waals surface area contributed by atoms with Crippen molar-refractivity contribution >= 4 is 11.6 Å². The molecule has 0 atom stereocenters. The van der Waals surface area contributed by atoms with Crippen molar-refractivity contribution in [3.63, 3.8) is 0 Å². The summed E-state index contributed by atoms with van der Waals surface area (Å²) in [7, 11) is 0. The molecule has 0 saturated carbocycles. The van der Waals surface area contributed by atoms with Crippen molar-refractivity contribution in [3.05, 3.63) is 58.6 Å². The fourth-order valence-electron chi connectivity index (χ4n) is 1.85. The predicted molar refractivity (Wildman–Crippen MR) is 69.8 cm³/mol. The topological polar surface area (TPSA) is 26.0 Å². The summed E-state index contributed by atoms with van der Waals surface area (Å²) in [5.41, 5.74) is 6.78. The minimum atomic E-state index is -4.36. The number of benzene rings is 2. The molecule has 0 spiro atoms. The van der Waals surface area contributed by atoms with Crippen LogP contribution in [0.1, 0.15) is 11.1 Å². The highest BCUT2D eigenvalue weighted by Gasteiger charge is 2.30. The van der Waals surface area contributed by atoms with Gasteiger partial charge in [-0.25, -0.2) is 0 Å². The van der Waals surface area contributed by atoms with Crippen molar-refractivity contribution in [2.24, 2.45) is 5.73 Å². The van der Waals surface area contributed by atoms with Gasteiger partial charge in [0.15, 0.2) is 0 Å². The maximum atomic E-state index is 12.6. The summed E-state index contributed by atoms with van der Waals surface area (Å²) in [4.78, 5) is 0. The van der Waals surface area contributed by atoms with Crippen molar-refractivity contribution in [1.82, 2.24) is 0 Å². The van der Waals surface area contributed by atoms with Crippen LogP contribution in [0.2, 0.25) is 5.02 Å². The molecule has 0 radical (unpaired) electrons. The molecule has 0 aliphatic carbocycles. The van der Waals surface area contributed by atoms with Gasteiger partial charge in [0.05, 0.1) is 5.56 Å². The molecular weight excluding hydrogens is 275 g/mol. The first-order valence-electron chi connectivity index (χ1n) is 5.58. The minimum absolute atomic E-state index is 0.0435. The Morgan fingerprint density at radius 1 is 1.00 bits per heavy atom. The number of hydrogen-bond donors (Lipinski definition) is 1. The monoisotopic (exact) mass is 285 g/mol. The Kier molecular flexibility index (Phi) is 3.83. The molecule has 0 fully saturated rings. The summed E-state index contributed by atoms with van der Waals surface area (Å²) in [6, 6.07) is 10.5. The van der Waals surface area contributed by atoms with Crippen LogP contribution in [0.15, 0.2) is 42.5 Å². The van der Waals surface area contributed by atoms with Crippen molar-refractivity contribution < 1.29 is 13.2 Å². The molecule has 5 heteroatoms. The molecule has 2 aromatic rings. The van der Waals surface area contributed by atoms with Gasteiger partial charge in [0.25, 0.3) is 0 Å². The summed E-state index contributed by atoms with van der Waals surface area (Å²) in [6.45, 7) is 0.0435. The molecule has 2 N–H and O–H groups in total. The van der Waals surface area contributed by atoms with Crippen molar-refractivity contribution in [2.75, 3.05) is 0 Å². The van der Waals surface area contributed by atoms with Gasteiger partial charge in [-0.1, -0.05) is 29.8 Å². The zero-order valence-electron chi connectivity index (χ0n) is 9.84. The number of nitrogens with two attached hydrogens (primary N) is 1. The van der Waals surface area contributed by atoms with E-state index in [1.165, 1.54) is 6.07 Å². The van der Waals surface area contributed by atoms with E-state index in [9.17, 15) is 13.2 Å². The predicted octanol–water partition coefficient (Wildman–Crippen LogP) is 4.48. The van der Waals surface area contributed by atoms with Crippen LogP contribution in [0.4, 0.5) is 13.2 Å². The molecule has 0 bridgehead atoms. The SMILES string of the molecule is NCc1cc(C(F)(F)F)ccc1-c1ccc(Cl)cc1. The first-order valence-corrected chi connectivity index (χ1v) is 5.96. The van der Waals surface area contributed by atoms with Crippen molar-refractivity contribution in [3.8, 4) is 11.1 Å². The van der Waals surface area contributed by atoms with Crippen LogP contribution in [0.3, 0.4) is 0 Å². The van der Waals surface area contributed by atoms with E-state index < -0.39 is 11.7 Å². The second-order valence-corrected chi connectivity index (χ2v) is 4.52. The lowest BCUT2D eigenvalue weighted by molar-refractivity contribution is -0.137. The maximum absolute atomic E-state index is 12.6. The van der Waals surface area contributed by atoms with Gasteiger partial charge in [-0.2, -0.15) is 13.2 Å². The quantitative estimate of drug-likeness (QED) is 0.865. The van der Waals surface area contributed by atoms with Crippen molar-refractivity contribution in [2.45, 2.75) is 12.7 Å². The van der Waals surface area contributed by atoms with Crippen LogP contribution >= 0.6 is 11.6 Å². The number of alkyl halides is 3. The third-order valence-corrected chi connectivity index (χ3v) is 3.06. The molecule has 19 heavy (non-hydrogen) atoms. The van der Waals surface area contributed by atoms with Gasteiger partial charge in [0, 0.05) is 11.6 Å². The molecular formula is C14H11ClF3N. The highest BCUT2D eigenvalue weighted by molar-refractivity contribution is 6.30. The van der Waals surface area contributed by atoms with Gasteiger partial charge in [-0.15, -0.1) is 0 Å². The van der Waals surface area contributed by atoms with E-state index in [1.54, 1.807) is 24.3 Å². The molecule has 0 aliphatic heterocycles. The van der Waals surface area contributed by atoms with E-state index in [0.717, 1.165) is 17.7 Å². The molecule has 0 aromatic heterocycles. The van der Waals surface area contributed by atoms with Gasteiger partial charge >= 0.3 is 6.18 Å². The minimum Gasteiger partial charge on any atom is -0.326 e. The van der Waals surface area contributed by atoms with Gasteiger partial charge in [0.1, 0.15) is 0 Å². The molecule has 0 aliphatic rings. The van der Waals surface area contributed by atoms with Gasteiger partial charge in [-0.3, -0.25) is 0 Å². The molecule has 2 aromatic carbocycles. The van der Waals surface area contributed by atoms with E-state index >= 15 is 0 Å². The molecule has 2 rings (SSSR count). The third kappa shape index (κ3) is 3.08. The van der Waals surface area contributed by atoms with Crippen LogP contribution in [-0.4, -0.2) is 0 Å². The van der Waals surface area contributed by atoms with Gasteiger partial charge < -0.3 is 5.73 Å². The van der Waals surface area contributed by atoms with Crippen LogP contribution in [0.5, 0.6) is 0 Å². The number of rotatable bonds is 2. The second-order valence-electron chi connectivity index (χ2n) is 4.08. The lowest BCUT2D eigenvalue weighted by Gasteiger charge is -2.12. The Bertz CT molecular complexity index is 576. The average Bonchev–Trinajstić information content (AvgIpc) is 2.38. The largest absolute Gasteiger partial charge is 0.416 e. The first-order chi connectivity index (χ1) is 8.91. The summed E-state index contributed by atoms with van der Waals surface area (Å²) in [6.07, 6.45) is -4.36. The lowest BCUT2D eigenvalue weighted by Crippen LogP contribution is -2.08. The molecule has 100 valence electrons. The zero-order valence-corrected chi connectivity index (χ0v) is 10.6. The fourth-order valence-corrected chi connectivity index (χ4v) is 1.98. The van der Waals surface area contributed by atoms with Gasteiger partial charge in [0.2, 0.25) is 0 Å². The normalized spacial score (nSPS) is 11.6. The van der Waals surface area contributed by atoms with Crippen LogP contribution in [-0.2, 0) is 12.7 Å². The molecule has 0 amide bonds. The summed E-state index contributed by atoms with van der Waals surface area (Å²) in [5, 5.41) is 0.574. The van der Waals surface area contributed by atoms with Crippen LogP contribution < -0.4 is 5.73 Å². The number of halogens is 4. The van der Waals surface area contributed by atoms with E-state index in [-0.39, 0.29) is 6.54 Å². The number of hydrogen-bond acceptors (Lipinski definition) is 1. The Hall–Kier alpha value is -1.52. The van der Waals surface area contributed by atoms with Gasteiger partial charge in [-0.05, 0) is 41.0 Å². The maximum Gasteiger partial charge on any atom is 0.416 e. The summed E-state index contributed by atoms with van der Waals surface area (Å²) < 4.78 is 37.9. The van der Waals surface area contributed by atoms with E-state index in [1.807, 2.05) is 0 Å². The summed E-state index contributed by atoms with van der Waals surface area (Å²) in [5.74, 6) is 0. The second kappa shape index (κ2) is 5.23. The molecule has 1 nitrogen and oxygen atoms in total. The molecule has 0 heterocycles. The van der Waals surface area contributed by atoms with Crippen LogP contribution in [0.25, 0.3) is 11.1 Å². The Labute approximate surface area is 113 Å². The highest BCUT2D eigenvalue weighted by Crippen LogP contribution is 2.33. The first kappa shape index (κ1) is 13.9. The third-order valence-electron chi connectivity index (χ3n) is 2.81. The molecule has 0 unspecified atom stereocenters. The van der Waals surface area contributed by atoms with E-state index in [2.05, 4.69) is 0 Å². The summed E-state index contributed by atoms with van der Waals surface area (Å²) >= 11 is 5.78. The highest BCUT2D eigenvalue weighted by atomic mass is 35.5. The van der Waals surface area contributed by atoms with Crippen LogP contribution in [0, 0.1) is 0 Å². The Balaban J connectivity index is 2.50. The Morgan fingerprint density at radius 2 is 1.63 bits per heavy atom. The van der Waals surface area contributed by atoms with E-state index in [4.69, 9.17) is 17.3 Å². The van der Waals surface area contributed by atoms with Crippen molar-refractivity contribution in [1.29, 1.82) is 0 Å². The smallest absolute Gasteiger partial charge is 0.326 e. The molecule has 0 saturated heterocycles. The Morgan fingerprint density at radius 3 is 2.16 bits per heavy atom. The average molecular weight is 286 g/mol. The van der Waals surface area contributed by atoms with E-state index in [0.29, 0.717) is 16.1 Å². The fraction of sp³-hybridized carbons (Fsp3) is 0.143. The lowest BCUT2D eigenvalue weighted by atomic mass is 9.97.